The minimum absolute atomic E-state index is 0.347. The van der Waals surface area contributed by atoms with Crippen LogP contribution in [0.3, 0.4) is 0 Å². The first-order valence-electron chi connectivity index (χ1n) is 10.1. The number of ether oxygens (including phenoxy) is 2. The molecule has 158 valence electrons. The summed E-state index contributed by atoms with van der Waals surface area (Å²) in [6.07, 6.45) is 7.90. The van der Waals surface area contributed by atoms with Crippen molar-refractivity contribution in [2.45, 2.75) is 44.8 Å². The zero-order chi connectivity index (χ0) is 21.2. The van der Waals surface area contributed by atoms with E-state index in [0.717, 1.165) is 16.9 Å². The van der Waals surface area contributed by atoms with Gasteiger partial charge in [-0.15, -0.1) is 0 Å². The van der Waals surface area contributed by atoms with Gasteiger partial charge in [0, 0.05) is 6.04 Å². The Kier molecular flexibility index (Phi) is 8.20. The maximum absolute atomic E-state index is 11.5. The Morgan fingerprint density at radius 1 is 1.10 bits per heavy atom. The molecular formula is C23H27N3O3S. The zero-order valence-corrected chi connectivity index (χ0v) is 17.9. The minimum atomic E-state index is -0.347. The van der Waals surface area contributed by atoms with E-state index in [2.05, 4.69) is 15.8 Å². The third kappa shape index (κ3) is 6.84. The normalized spacial score (nSPS) is 14.3. The van der Waals surface area contributed by atoms with E-state index < -0.39 is 0 Å². The van der Waals surface area contributed by atoms with Gasteiger partial charge in [-0.05, 0) is 72.6 Å². The summed E-state index contributed by atoms with van der Waals surface area (Å²) in [7, 11) is 1.37. The molecule has 1 aliphatic rings. The number of carbonyl (C=O) groups excluding carboxylic acids is 1. The van der Waals surface area contributed by atoms with Crippen molar-refractivity contribution < 1.29 is 14.3 Å². The molecule has 7 heteroatoms. The summed E-state index contributed by atoms with van der Waals surface area (Å²) >= 11 is 5.30. The number of benzene rings is 2. The molecule has 0 amide bonds. The molecule has 0 aliphatic heterocycles. The van der Waals surface area contributed by atoms with Crippen molar-refractivity contribution in [1.29, 1.82) is 0 Å². The molecule has 6 nitrogen and oxygen atoms in total. The Balaban J connectivity index is 1.42. The maximum atomic E-state index is 11.5. The number of thiocarbonyl (C=S) groups is 1. The van der Waals surface area contributed by atoms with Gasteiger partial charge in [0.1, 0.15) is 12.4 Å². The van der Waals surface area contributed by atoms with Gasteiger partial charge in [-0.3, -0.25) is 5.43 Å². The van der Waals surface area contributed by atoms with Gasteiger partial charge in [0.2, 0.25) is 0 Å². The highest BCUT2D eigenvalue weighted by Crippen LogP contribution is 2.17. The zero-order valence-electron chi connectivity index (χ0n) is 17.1. The first-order valence-corrected chi connectivity index (χ1v) is 10.5. The van der Waals surface area contributed by atoms with E-state index >= 15 is 0 Å². The average molecular weight is 426 g/mol. The van der Waals surface area contributed by atoms with Gasteiger partial charge in [-0.25, -0.2) is 4.79 Å². The highest BCUT2D eigenvalue weighted by molar-refractivity contribution is 7.80. The largest absolute Gasteiger partial charge is 0.489 e. The predicted octanol–water partition coefficient (Wildman–Crippen LogP) is 4.18. The summed E-state index contributed by atoms with van der Waals surface area (Å²) in [5.74, 6) is 0.409. The number of nitrogens with one attached hydrogen (secondary N) is 2. The van der Waals surface area contributed by atoms with Gasteiger partial charge in [0.25, 0.3) is 0 Å². The molecule has 3 rings (SSSR count). The standard InChI is InChI=1S/C23H27N3O3S/c1-28-22(27)19-11-7-18(8-12-19)16-29-21-13-9-17(10-14-21)15-24-26-23(30)25-20-5-3-2-4-6-20/h7-15,20H,2-6,16H2,1H3,(H2,25,26,30). The lowest BCUT2D eigenvalue weighted by Gasteiger charge is -2.23. The van der Waals surface area contributed by atoms with E-state index in [1.165, 1.54) is 39.2 Å². The number of rotatable bonds is 7. The lowest BCUT2D eigenvalue weighted by molar-refractivity contribution is 0.0600. The first kappa shape index (κ1) is 21.8. The Morgan fingerprint density at radius 3 is 2.47 bits per heavy atom. The predicted molar refractivity (Wildman–Crippen MR) is 122 cm³/mol. The van der Waals surface area contributed by atoms with Crippen molar-refractivity contribution in [2.75, 3.05) is 7.11 Å². The van der Waals surface area contributed by atoms with E-state index in [-0.39, 0.29) is 5.97 Å². The average Bonchev–Trinajstić information content (AvgIpc) is 2.79. The molecule has 2 N–H and O–H groups in total. The molecule has 0 unspecified atom stereocenters. The van der Waals surface area contributed by atoms with E-state index in [4.69, 9.17) is 21.7 Å². The van der Waals surface area contributed by atoms with Crippen molar-refractivity contribution >= 4 is 29.5 Å². The SMILES string of the molecule is COC(=O)c1ccc(COc2ccc(C=NNC(=S)NC3CCCCC3)cc2)cc1. The smallest absolute Gasteiger partial charge is 0.337 e. The van der Waals surface area contributed by atoms with E-state index in [9.17, 15) is 4.79 Å². The Bertz CT molecular complexity index is 860. The third-order valence-electron chi connectivity index (χ3n) is 4.98. The monoisotopic (exact) mass is 425 g/mol. The number of hydrazone groups is 1. The third-order valence-corrected chi connectivity index (χ3v) is 5.19. The van der Waals surface area contributed by atoms with E-state index in [1.807, 2.05) is 36.4 Å². The van der Waals surface area contributed by atoms with Crippen molar-refractivity contribution in [1.82, 2.24) is 10.7 Å². The maximum Gasteiger partial charge on any atom is 0.337 e. The Hall–Kier alpha value is -2.93. The van der Waals surface area contributed by atoms with Gasteiger partial charge in [-0.1, -0.05) is 31.4 Å². The van der Waals surface area contributed by atoms with Crippen LogP contribution in [0.25, 0.3) is 0 Å². The lowest BCUT2D eigenvalue weighted by atomic mass is 9.96. The highest BCUT2D eigenvalue weighted by Gasteiger charge is 2.13. The highest BCUT2D eigenvalue weighted by atomic mass is 32.1. The molecule has 1 fully saturated rings. The molecule has 1 saturated carbocycles. The topological polar surface area (TPSA) is 72.0 Å². The van der Waals surface area contributed by atoms with Crippen molar-refractivity contribution in [3.63, 3.8) is 0 Å². The van der Waals surface area contributed by atoms with Gasteiger partial charge in [-0.2, -0.15) is 5.10 Å². The molecule has 2 aromatic carbocycles. The number of carbonyl (C=O) groups is 1. The van der Waals surface area contributed by atoms with Gasteiger partial charge < -0.3 is 14.8 Å². The van der Waals surface area contributed by atoms with Crippen LogP contribution in [-0.4, -0.2) is 30.4 Å². The number of esters is 1. The summed E-state index contributed by atoms with van der Waals surface area (Å²) in [6.45, 7) is 0.414. The summed E-state index contributed by atoms with van der Waals surface area (Å²) in [5, 5.41) is 8.09. The molecule has 1 aliphatic carbocycles. The van der Waals surface area contributed by atoms with Crippen LogP contribution >= 0.6 is 12.2 Å². The number of hydrogen-bond acceptors (Lipinski definition) is 5. The number of methoxy groups -OCH3 is 1. The fourth-order valence-electron chi connectivity index (χ4n) is 3.30. The van der Waals surface area contributed by atoms with Gasteiger partial charge in [0.05, 0.1) is 18.9 Å². The Labute approximate surface area is 182 Å². The quantitative estimate of drug-likeness (QED) is 0.300. The van der Waals surface area contributed by atoms with Gasteiger partial charge in [0.15, 0.2) is 5.11 Å². The summed E-state index contributed by atoms with van der Waals surface area (Å²) in [5.41, 5.74) is 5.31. The van der Waals surface area contributed by atoms with E-state index in [0.29, 0.717) is 23.3 Å². The van der Waals surface area contributed by atoms with Crippen LogP contribution in [0.2, 0.25) is 0 Å². The second-order valence-electron chi connectivity index (χ2n) is 7.22. The van der Waals surface area contributed by atoms with Crippen molar-refractivity contribution in [3.05, 3.63) is 65.2 Å². The minimum Gasteiger partial charge on any atom is -0.489 e. The number of hydrogen-bond donors (Lipinski definition) is 2. The summed E-state index contributed by atoms with van der Waals surface area (Å²) in [6, 6.07) is 15.3. The second-order valence-corrected chi connectivity index (χ2v) is 7.63. The lowest BCUT2D eigenvalue weighted by Crippen LogP contribution is -2.40. The van der Waals surface area contributed by atoms with Crippen LogP contribution in [0.4, 0.5) is 0 Å². The van der Waals surface area contributed by atoms with E-state index in [1.54, 1.807) is 18.3 Å². The van der Waals surface area contributed by atoms with Crippen molar-refractivity contribution in [2.24, 2.45) is 5.10 Å². The van der Waals surface area contributed by atoms with Crippen LogP contribution in [0.5, 0.6) is 5.75 Å². The van der Waals surface area contributed by atoms with Crippen LogP contribution in [0.1, 0.15) is 53.6 Å². The van der Waals surface area contributed by atoms with Crippen LogP contribution in [0.15, 0.2) is 53.6 Å². The van der Waals surface area contributed by atoms with Crippen LogP contribution in [-0.2, 0) is 11.3 Å². The molecule has 0 aromatic heterocycles. The Morgan fingerprint density at radius 2 is 1.80 bits per heavy atom. The van der Waals surface area contributed by atoms with Crippen molar-refractivity contribution in [3.8, 4) is 5.75 Å². The molecule has 0 spiro atoms. The summed E-state index contributed by atoms with van der Waals surface area (Å²) < 4.78 is 10.5. The molecule has 0 heterocycles. The van der Waals surface area contributed by atoms with Gasteiger partial charge >= 0.3 is 5.97 Å². The molecule has 0 bridgehead atoms. The van der Waals surface area contributed by atoms with Crippen LogP contribution in [0, 0.1) is 0 Å². The fraction of sp³-hybridized carbons (Fsp3) is 0.348. The molecule has 0 radical (unpaired) electrons. The van der Waals surface area contributed by atoms with Crippen LogP contribution < -0.4 is 15.5 Å². The molecule has 0 saturated heterocycles. The molecule has 0 atom stereocenters. The molecule has 30 heavy (non-hydrogen) atoms. The first-order chi connectivity index (χ1) is 14.6. The molecule has 2 aromatic rings. The molecular weight excluding hydrogens is 398 g/mol. The second kappa shape index (κ2) is 11.3. The number of nitrogens with zero attached hydrogens (tertiary/aromatic N) is 1. The fourth-order valence-corrected chi connectivity index (χ4v) is 3.52. The summed E-state index contributed by atoms with van der Waals surface area (Å²) in [4.78, 5) is 11.5.